The SMILES string of the molecule is O=C(CCSc1ccc(Cl)cc1)NCCN1CCN(c2nc3c(F)cc(F)cc3s2)CC1. The number of benzene rings is 2. The number of fused-ring (bicyclic) bond motifs is 1. The lowest BCUT2D eigenvalue weighted by molar-refractivity contribution is -0.120. The monoisotopic (exact) mass is 496 g/mol. The van der Waals surface area contributed by atoms with Gasteiger partial charge in [0.05, 0.1) is 4.70 Å². The van der Waals surface area contributed by atoms with Crippen molar-refractivity contribution in [2.24, 2.45) is 0 Å². The molecule has 5 nitrogen and oxygen atoms in total. The van der Waals surface area contributed by atoms with Gasteiger partial charge < -0.3 is 10.2 Å². The number of hydrogen-bond donors (Lipinski definition) is 1. The van der Waals surface area contributed by atoms with Crippen molar-refractivity contribution < 1.29 is 13.6 Å². The van der Waals surface area contributed by atoms with E-state index in [-0.39, 0.29) is 11.4 Å². The summed E-state index contributed by atoms with van der Waals surface area (Å²) in [6.07, 6.45) is 0.468. The molecule has 170 valence electrons. The lowest BCUT2D eigenvalue weighted by Gasteiger charge is -2.34. The topological polar surface area (TPSA) is 48.5 Å². The number of nitrogens with one attached hydrogen (secondary N) is 1. The number of halogens is 3. The van der Waals surface area contributed by atoms with Crippen molar-refractivity contribution in [3.63, 3.8) is 0 Å². The van der Waals surface area contributed by atoms with Crippen LogP contribution in [0, 0.1) is 11.6 Å². The van der Waals surface area contributed by atoms with Gasteiger partial charge >= 0.3 is 0 Å². The van der Waals surface area contributed by atoms with Gasteiger partial charge in [-0.15, -0.1) is 11.8 Å². The van der Waals surface area contributed by atoms with E-state index >= 15 is 0 Å². The van der Waals surface area contributed by atoms with Gasteiger partial charge in [0.1, 0.15) is 11.3 Å². The molecular weight excluding hydrogens is 474 g/mol. The molecule has 1 fully saturated rings. The van der Waals surface area contributed by atoms with Crippen LogP contribution in [0.3, 0.4) is 0 Å². The molecule has 4 rings (SSSR count). The third-order valence-corrected chi connectivity index (χ3v) is 7.54. The first kappa shape index (κ1) is 23.2. The molecule has 32 heavy (non-hydrogen) atoms. The average Bonchev–Trinajstić information content (AvgIpc) is 3.20. The van der Waals surface area contributed by atoms with Crippen LogP contribution >= 0.6 is 34.7 Å². The van der Waals surface area contributed by atoms with E-state index in [4.69, 9.17) is 11.6 Å². The maximum Gasteiger partial charge on any atom is 0.220 e. The third-order valence-electron chi connectivity index (χ3n) is 5.21. The molecule has 2 aromatic carbocycles. The first-order chi connectivity index (χ1) is 15.5. The lowest BCUT2D eigenvalue weighted by Crippen LogP contribution is -2.48. The summed E-state index contributed by atoms with van der Waals surface area (Å²) in [7, 11) is 0. The van der Waals surface area contributed by atoms with Crippen LogP contribution in [0.5, 0.6) is 0 Å². The molecule has 1 aliphatic heterocycles. The zero-order valence-electron chi connectivity index (χ0n) is 17.3. The van der Waals surface area contributed by atoms with Crippen molar-refractivity contribution in [3.05, 3.63) is 53.1 Å². The molecule has 0 radical (unpaired) electrons. The van der Waals surface area contributed by atoms with Gasteiger partial charge in [-0.1, -0.05) is 22.9 Å². The van der Waals surface area contributed by atoms with Crippen LogP contribution in [-0.4, -0.2) is 60.8 Å². The van der Waals surface area contributed by atoms with Crippen molar-refractivity contribution in [1.82, 2.24) is 15.2 Å². The van der Waals surface area contributed by atoms with Crippen molar-refractivity contribution in [2.45, 2.75) is 11.3 Å². The van der Waals surface area contributed by atoms with Gasteiger partial charge in [0.2, 0.25) is 5.91 Å². The number of anilines is 1. The van der Waals surface area contributed by atoms with E-state index < -0.39 is 11.6 Å². The van der Waals surface area contributed by atoms with Gasteiger partial charge in [-0.3, -0.25) is 9.69 Å². The van der Waals surface area contributed by atoms with Crippen molar-refractivity contribution in [1.29, 1.82) is 0 Å². The lowest BCUT2D eigenvalue weighted by atomic mass is 10.3. The number of amides is 1. The van der Waals surface area contributed by atoms with Gasteiger partial charge in [0.25, 0.3) is 0 Å². The minimum atomic E-state index is -0.622. The van der Waals surface area contributed by atoms with Crippen molar-refractivity contribution >= 4 is 56.0 Å². The molecule has 0 saturated carbocycles. The second kappa shape index (κ2) is 10.8. The Bertz CT molecular complexity index is 1070. The Balaban J connectivity index is 1.15. The minimum absolute atomic E-state index is 0.0498. The first-order valence-corrected chi connectivity index (χ1v) is 12.5. The molecule has 0 aliphatic carbocycles. The highest BCUT2D eigenvalue weighted by Gasteiger charge is 2.21. The number of hydrogen-bond acceptors (Lipinski definition) is 6. The Morgan fingerprint density at radius 2 is 1.91 bits per heavy atom. The number of piperazine rings is 1. The van der Waals surface area contributed by atoms with E-state index in [0.717, 1.165) is 54.6 Å². The largest absolute Gasteiger partial charge is 0.355 e. The van der Waals surface area contributed by atoms with Gasteiger partial charge in [0, 0.05) is 67.4 Å². The number of thiazole rings is 1. The Kier molecular flexibility index (Phi) is 7.83. The summed E-state index contributed by atoms with van der Waals surface area (Å²) in [5.74, 6) is -0.434. The van der Waals surface area contributed by atoms with Crippen LogP contribution in [-0.2, 0) is 4.79 Å². The number of nitrogens with zero attached hydrogens (tertiary/aromatic N) is 3. The number of carbonyl (C=O) groups excluding carboxylic acids is 1. The van der Waals surface area contributed by atoms with Crippen LogP contribution < -0.4 is 10.2 Å². The number of thioether (sulfide) groups is 1. The van der Waals surface area contributed by atoms with Crippen molar-refractivity contribution in [3.8, 4) is 0 Å². The fourth-order valence-electron chi connectivity index (χ4n) is 3.48. The number of rotatable bonds is 8. The first-order valence-electron chi connectivity index (χ1n) is 10.4. The molecule has 0 spiro atoms. The van der Waals surface area contributed by atoms with E-state index in [1.165, 1.54) is 17.4 Å². The fourth-order valence-corrected chi connectivity index (χ4v) is 5.51. The highest BCUT2D eigenvalue weighted by atomic mass is 35.5. The number of carbonyl (C=O) groups is 1. The van der Waals surface area contributed by atoms with Gasteiger partial charge in [-0.05, 0) is 30.3 Å². The predicted octanol–water partition coefficient (Wildman–Crippen LogP) is 4.65. The van der Waals surface area contributed by atoms with Gasteiger partial charge in [-0.2, -0.15) is 0 Å². The molecule has 3 aromatic rings. The Labute approximate surface area is 198 Å². The summed E-state index contributed by atoms with van der Waals surface area (Å²) >= 11 is 8.82. The molecule has 1 aliphatic rings. The normalized spacial score (nSPS) is 14.8. The van der Waals surface area contributed by atoms with E-state index in [1.807, 2.05) is 24.3 Å². The summed E-state index contributed by atoms with van der Waals surface area (Å²) < 4.78 is 27.9. The highest BCUT2D eigenvalue weighted by molar-refractivity contribution is 7.99. The molecule has 1 saturated heterocycles. The maximum absolute atomic E-state index is 13.9. The summed E-state index contributed by atoms with van der Waals surface area (Å²) in [5.41, 5.74) is 0.228. The zero-order chi connectivity index (χ0) is 22.5. The van der Waals surface area contributed by atoms with Crippen LogP contribution in [0.2, 0.25) is 5.02 Å². The molecule has 0 atom stereocenters. The summed E-state index contributed by atoms with van der Waals surface area (Å²) in [6.45, 7) is 4.56. The molecule has 0 bridgehead atoms. The summed E-state index contributed by atoms with van der Waals surface area (Å²) in [5, 5.41) is 4.41. The third kappa shape index (κ3) is 6.10. The summed E-state index contributed by atoms with van der Waals surface area (Å²) in [4.78, 5) is 21.9. The second-order valence-corrected chi connectivity index (χ2v) is 10.1. The quantitative estimate of drug-likeness (QED) is 0.460. The molecule has 1 amide bonds. The highest BCUT2D eigenvalue weighted by Crippen LogP contribution is 2.31. The molecule has 0 unspecified atom stereocenters. The number of aromatic nitrogens is 1. The van der Waals surface area contributed by atoms with Gasteiger partial charge in [0.15, 0.2) is 10.9 Å². The molecule has 1 N–H and O–H groups in total. The molecular formula is C22H23ClF2N4OS2. The van der Waals surface area contributed by atoms with E-state index in [1.54, 1.807) is 11.8 Å². The Morgan fingerprint density at radius 1 is 1.16 bits per heavy atom. The minimum Gasteiger partial charge on any atom is -0.355 e. The molecule has 2 heterocycles. The fraction of sp³-hybridized carbons (Fsp3) is 0.364. The van der Waals surface area contributed by atoms with Crippen LogP contribution in [0.25, 0.3) is 10.2 Å². The molecule has 10 heteroatoms. The predicted molar refractivity (Wildman–Crippen MR) is 128 cm³/mol. The van der Waals surface area contributed by atoms with E-state index in [2.05, 4.69) is 20.1 Å². The van der Waals surface area contributed by atoms with E-state index in [9.17, 15) is 13.6 Å². The van der Waals surface area contributed by atoms with Crippen molar-refractivity contribution in [2.75, 3.05) is 49.9 Å². The van der Waals surface area contributed by atoms with Crippen LogP contribution in [0.1, 0.15) is 6.42 Å². The maximum atomic E-state index is 13.9. The van der Waals surface area contributed by atoms with E-state index in [0.29, 0.717) is 22.7 Å². The average molecular weight is 497 g/mol. The molecule has 1 aromatic heterocycles. The van der Waals surface area contributed by atoms with Crippen LogP contribution in [0.4, 0.5) is 13.9 Å². The second-order valence-electron chi connectivity index (χ2n) is 7.46. The summed E-state index contributed by atoms with van der Waals surface area (Å²) in [6, 6.07) is 9.79. The smallest absolute Gasteiger partial charge is 0.220 e. The Hall–Kier alpha value is -1.94. The standard InChI is InChI=1S/C22H23ClF2N4OS2/c23-15-1-3-17(4-2-15)31-12-5-20(30)26-6-7-28-8-10-29(11-9-28)22-27-21-18(25)13-16(24)14-19(21)32-22/h1-4,13-14H,5-12H2,(H,26,30). The zero-order valence-corrected chi connectivity index (χ0v) is 19.7. The van der Waals surface area contributed by atoms with Crippen LogP contribution in [0.15, 0.2) is 41.3 Å². The Morgan fingerprint density at radius 3 is 2.66 bits per heavy atom. The van der Waals surface area contributed by atoms with Gasteiger partial charge in [-0.25, -0.2) is 13.8 Å².